The van der Waals surface area contributed by atoms with Gasteiger partial charge in [-0.3, -0.25) is 33.7 Å². The molecule has 3 atom stereocenters. The minimum Gasteiger partial charge on any atom is -0.508 e. The number of rotatable bonds is 13. The Hall–Kier alpha value is -6.56. The number of fused-ring (bicyclic) bond motifs is 2. The number of hydrogen-bond acceptors (Lipinski definition) is 16. The molecule has 0 saturated carbocycles. The van der Waals surface area contributed by atoms with Crippen molar-refractivity contribution in [1.82, 2.24) is 55.6 Å². The lowest BCUT2D eigenvalue weighted by molar-refractivity contribution is -0.151. The second-order valence-corrected chi connectivity index (χ2v) is 14.6. The van der Waals surface area contributed by atoms with E-state index in [1.807, 2.05) is 4.90 Å². The Balaban J connectivity index is 1.07. The summed E-state index contributed by atoms with van der Waals surface area (Å²) < 4.78 is 1.04. The predicted molar refractivity (Wildman–Crippen MR) is 194 cm³/mol. The van der Waals surface area contributed by atoms with Crippen molar-refractivity contribution in [3.8, 4) is 5.75 Å². The second-order valence-electron chi connectivity index (χ2n) is 12.5. The van der Waals surface area contributed by atoms with Crippen LogP contribution in [0.15, 0.2) is 57.9 Å². The van der Waals surface area contributed by atoms with E-state index in [-0.39, 0.29) is 50.3 Å². The van der Waals surface area contributed by atoms with Crippen molar-refractivity contribution in [2.75, 3.05) is 42.6 Å². The molecular weight excluding hydrogens is 777 g/mol. The summed E-state index contributed by atoms with van der Waals surface area (Å²) in [5.74, 6) is -4.72. The van der Waals surface area contributed by atoms with Crippen LogP contribution < -0.4 is 21.0 Å². The number of aromatic nitrogens is 7. The number of phenols is 1. The lowest BCUT2D eigenvalue weighted by atomic mass is 10.0. The number of anilines is 1. The molecule has 4 aromatic rings. The molecule has 22 nitrogen and oxygen atoms in total. The molecule has 2 saturated heterocycles. The van der Waals surface area contributed by atoms with E-state index in [0.29, 0.717) is 37.7 Å². The number of nitrogens with zero attached hydrogens (tertiary/aromatic N) is 9. The van der Waals surface area contributed by atoms with Gasteiger partial charge in [0.2, 0.25) is 28.9 Å². The number of aromatic hydroxyl groups is 1. The van der Waals surface area contributed by atoms with Crippen molar-refractivity contribution in [2.45, 2.75) is 29.2 Å². The number of aliphatic carboxylic acids is 2. The van der Waals surface area contributed by atoms with E-state index in [1.165, 1.54) is 42.2 Å². The predicted octanol–water partition coefficient (Wildman–Crippen LogP) is -1.62. The number of phenolic OH excluding ortho intramolecular Hbond substituents is 1. The lowest BCUT2D eigenvalue weighted by Gasteiger charge is -2.49. The summed E-state index contributed by atoms with van der Waals surface area (Å²) in [6.07, 6.45) is 3.21. The first-order valence-corrected chi connectivity index (χ1v) is 18.7. The van der Waals surface area contributed by atoms with Crippen LogP contribution in [-0.4, -0.2) is 145 Å². The molecule has 0 spiro atoms. The first-order valence-electron chi connectivity index (χ1n) is 16.7. The summed E-state index contributed by atoms with van der Waals surface area (Å²) in [5.41, 5.74) is -0.663. The molecule has 1 unspecified atom stereocenters. The molecule has 3 aliphatic heterocycles. The van der Waals surface area contributed by atoms with Gasteiger partial charge in [0.1, 0.15) is 46.7 Å². The van der Waals surface area contributed by atoms with Crippen LogP contribution in [0.5, 0.6) is 5.75 Å². The van der Waals surface area contributed by atoms with Crippen molar-refractivity contribution < 1.29 is 44.1 Å². The van der Waals surface area contributed by atoms with Crippen LogP contribution in [-0.2, 0) is 30.5 Å². The van der Waals surface area contributed by atoms with E-state index >= 15 is 0 Å². The molecule has 24 heteroatoms. The third-order valence-electron chi connectivity index (χ3n) is 9.08. The molecule has 2 fully saturated rings. The molecule has 3 aliphatic rings. The number of piperazine rings is 1. The third-order valence-corrected chi connectivity index (χ3v) is 11.5. The minimum atomic E-state index is -1.48. The van der Waals surface area contributed by atoms with Crippen LogP contribution in [0.4, 0.5) is 5.95 Å². The number of nitrogens with one attached hydrogen (secondary N) is 3. The zero-order chi connectivity index (χ0) is 39.7. The van der Waals surface area contributed by atoms with Crippen LogP contribution in [0.2, 0.25) is 0 Å². The van der Waals surface area contributed by atoms with Crippen molar-refractivity contribution in [1.29, 1.82) is 0 Å². The van der Waals surface area contributed by atoms with Crippen molar-refractivity contribution in [3.63, 3.8) is 0 Å². The summed E-state index contributed by atoms with van der Waals surface area (Å²) >= 11 is 2.19. The molecule has 290 valence electrons. The lowest BCUT2D eigenvalue weighted by Crippen LogP contribution is -2.71. The standard InChI is InChI=1S/C32H30N12O10S2/c45-14-41-5-7-42(8-6-41)31-34-9-18-24(49)19(10-33-25(18)37-31)26(50)35-21(15-1-3-17(46)4-2-15)27(51)36-22-28(52)44-23(30(53)54)16(12-55-29(22)44)13-56-32-38-39-40-43(32)11-20(47)48/h1-4,9-10,14,21-22,29,46H,5-8,11-13H2,(H,35,50)(H,36,51)(H,47,48)(H,53,54)(H,33,34,37,49)/t21-,22?,29-/m1/s1. The van der Waals surface area contributed by atoms with E-state index < -0.39 is 59.1 Å². The molecule has 1 aromatic carbocycles. The van der Waals surface area contributed by atoms with Gasteiger partial charge in [-0.25, -0.2) is 14.5 Å². The number of β-lactam (4-membered cyclic amide) rings is 1. The number of thioether (sulfide) groups is 2. The molecule has 7 rings (SSSR count). The zero-order valence-corrected chi connectivity index (χ0v) is 30.4. The minimum absolute atomic E-state index is 0.00641. The van der Waals surface area contributed by atoms with E-state index in [2.05, 4.69) is 41.1 Å². The average Bonchev–Trinajstić information content (AvgIpc) is 3.63. The topological polar surface area (TPSA) is 299 Å². The number of hydrogen-bond donors (Lipinski definition) is 6. The van der Waals surface area contributed by atoms with E-state index in [0.717, 1.165) is 34.0 Å². The molecular formula is C32H30N12O10S2. The Kier molecular flexibility index (Phi) is 10.6. The van der Waals surface area contributed by atoms with Crippen molar-refractivity contribution in [2.24, 2.45) is 0 Å². The summed E-state index contributed by atoms with van der Waals surface area (Å²) in [6, 6.07) is 2.66. The van der Waals surface area contributed by atoms with Gasteiger partial charge >= 0.3 is 11.9 Å². The first kappa shape index (κ1) is 37.7. The van der Waals surface area contributed by atoms with Crippen LogP contribution in [0, 0.1) is 0 Å². The Bertz CT molecular complexity index is 2340. The molecule has 0 aliphatic carbocycles. The monoisotopic (exact) mass is 806 g/mol. The highest BCUT2D eigenvalue weighted by molar-refractivity contribution is 8.01. The van der Waals surface area contributed by atoms with E-state index in [4.69, 9.17) is 5.11 Å². The summed E-state index contributed by atoms with van der Waals surface area (Å²) in [5, 5.41) is 44.4. The van der Waals surface area contributed by atoms with Gasteiger partial charge < -0.3 is 40.7 Å². The normalized spacial score (nSPS) is 18.6. The first-order chi connectivity index (χ1) is 26.9. The van der Waals surface area contributed by atoms with Crippen LogP contribution in [0.1, 0.15) is 22.0 Å². The van der Waals surface area contributed by atoms with Gasteiger partial charge in [0, 0.05) is 50.1 Å². The van der Waals surface area contributed by atoms with Gasteiger partial charge in [-0.05, 0) is 33.7 Å². The number of pyridine rings is 1. The maximum Gasteiger partial charge on any atom is 0.352 e. The van der Waals surface area contributed by atoms with Gasteiger partial charge in [-0.1, -0.05) is 23.9 Å². The highest BCUT2D eigenvalue weighted by Gasteiger charge is 2.54. The molecule has 6 heterocycles. The highest BCUT2D eigenvalue weighted by Crippen LogP contribution is 2.41. The van der Waals surface area contributed by atoms with E-state index in [1.54, 1.807) is 4.90 Å². The second kappa shape index (κ2) is 15.7. The highest BCUT2D eigenvalue weighted by atomic mass is 32.2. The summed E-state index contributed by atoms with van der Waals surface area (Å²) in [4.78, 5) is 105. The Labute approximate surface area is 322 Å². The zero-order valence-electron chi connectivity index (χ0n) is 28.8. The maximum absolute atomic E-state index is 13.9. The molecule has 4 amide bonds. The number of carboxylic acids is 2. The van der Waals surface area contributed by atoms with E-state index in [9.17, 15) is 43.8 Å². The smallest absolute Gasteiger partial charge is 0.352 e. The van der Waals surface area contributed by atoms with Gasteiger partial charge in [0.15, 0.2) is 0 Å². The number of tetrazole rings is 1. The van der Waals surface area contributed by atoms with Gasteiger partial charge in [-0.2, -0.15) is 4.98 Å². The Morgan fingerprint density at radius 1 is 1.09 bits per heavy atom. The molecule has 0 radical (unpaired) electrons. The fraction of sp³-hybridized carbons (Fsp3) is 0.312. The fourth-order valence-corrected chi connectivity index (χ4v) is 8.60. The molecule has 0 bridgehead atoms. The van der Waals surface area contributed by atoms with Crippen molar-refractivity contribution in [3.05, 3.63) is 69.3 Å². The molecule has 56 heavy (non-hydrogen) atoms. The van der Waals surface area contributed by atoms with Crippen molar-refractivity contribution >= 4 is 76.6 Å². The van der Waals surface area contributed by atoms with Gasteiger partial charge in [0.05, 0.1) is 5.39 Å². The number of aromatic amines is 1. The number of carboxylic acid groups (broad SMARTS) is 2. The number of benzene rings is 1. The Morgan fingerprint density at radius 3 is 2.54 bits per heavy atom. The largest absolute Gasteiger partial charge is 0.508 e. The van der Waals surface area contributed by atoms with Crippen LogP contribution in [0.3, 0.4) is 0 Å². The third kappa shape index (κ3) is 7.42. The van der Waals surface area contributed by atoms with Gasteiger partial charge in [0.25, 0.3) is 11.8 Å². The number of amides is 4. The summed E-state index contributed by atoms with van der Waals surface area (Å²) in [6.45, 7) is 1.42. The van der Waals surface area contributed by atoms with Crippen LogP contribution >= 0.6 is 23.5 Å². The number of carbonyl (C=O) groups is 6. The maximum atomic E-state index is 13.9. The van der Waals surface area contributed by atoms with Gasteiger partial charge in [-0.15, -0.1) is 16.9 Å². The number of H-pyrrole nitrogens is 1. The Morgan fingerprint density at radius 2 is 1.84 bits per heavy atom. The molecule has 3 aromatic heterocycles. The average molecular weight is 807 g/mol. The molecule has 6 N–H and O–H groups in total. The number of carbonyl (C=O) groups excluding carboxylic acids is 4. The van der Waals surface area contributed by atoms with Crippen LogP contribution in [0.25, 0.3) is 11.0 Å². The fourth-order valence-electron chi connectivity index (χ4n) is 6.23. The quantitative estimate of drug-likeness (QED) is 0.0502. The summed E-state index contributed by atoms with van der Waals surface area (Å²) in [7, 11) is 0. The SMILES string of the molecule is O=CN1CCN(c2ncc3c(=O)c(C(=O)N[C@@H](C(=O)NC4C(=O)N5C(C(=O)O)=C(CSc6nnnn6CC(=O)O)CS[C@H]45)c4ccc(O)cc4)c[nH]c3n2)CC1.